The second kappa shape index (κ2) is 4.15. The Morgan fingerprint density at radius 2 is 2.06 bits per heavy atom. The maximum atomic E-state index is 11.6. The van der Waals surface area contributed by atoms with E-state index in [9.17, 15) is 9.90 Å². The van der Waals surface area contributed by atoms with E-state index in [-0.39, 0.29) is 17.9 Å². The van der Waals surface area contributed by atoms with Gasteiger partial charge in [-0.1, -0.05) is 26.0 Å². The van der Waals surface area contributed by atoms with Crippen LogP contribution in [0.5, 0.6) is 0 Å². The molecule has 3 nitrogen and oxygen atoms in total. The predicted octanol–water partition coefficient (Wildman–Crippen LogP) is 1.87. The number of nitrogens with zero attached hydrogens (tertiary/aromatic N) is 1. The number of aryl methyl sites for hydroxylation is 1. The van der Waals surface area contributed by atoms with E-state index >= 15 is 0 Å². The summed E-state index contributed by atoms with van der Waals surface area (Å²) in [6, 6.07) is 6.11. The van der Waals surface area contributed by atoms with Gasteiger partial charge in [-0.3, -0.25) is 4.79 Å². The molecular weight excluding hydrogens is 214 g/mol. The van der Waals surface area contributed by atoms with Crippen molar-refractivity contribution in [2.45, 2.75) is 32.1 Å². The highest BCUT2D eigenvalue weighted by atomic mass is 16.3. The Labute approximate surface area is 102 Å². The molecule has 92 valence electrons. The molecular formula is C14H19NO2. The minimum atomic E-state index is -0.227. The third-order valence-corrected chi connectivity index (χ3v) is 3.60. The van der Waals surface area contributed by atoms with Crippen LogP contribution in [0.1, 0.15) is 31.4 Å². The van der Waals surface area contributed by atoms with Gasteiger partial charge in [-0.15, -0.1) is 0 Å². The van der Waals surface area contributed by atoms with Gasteiger partial charge in [-0.05, 0) is 23.6 Å². The lowest BCUT2D eigenvalue weighted by molar-refractivity contribution is -0.118. The standard InChI is InChI=1S/C14H19NO2/c1-14(2,9-16)11-5-6-12-10(8-11)4-7-13(17)15(12)3/h5-6,8,16H,4,7,9H2,1-3H3. The summed E-state index contributed by atoms with van der Waals surface area (Å²) in [4.78, 5) is 13.3. The van der Waals surface area contributed by atoms with Gasteiger partial charge in [0.2, 0.25) is 5.91 Å². The molecule has 2 rings (SSSR count). The van der Waals surface area contributed by atoms with Crippen LogP contribution in [0.25, 0.3) is 0 Å². The first-order valence-corrected chi connectivity index (χ1v) is 5.96. The van der Waals surface area contributed by atoms with Gasteiger partial charge in [-0.2, -0.15) is 0 Å². The Morgan fingerprint density at radius 3 is 2.71 bits per heavy atom. The molecule has 0 aliphatic carbocycles. The Bertz CT molecular complexity index is 452. The van der Waals surface area contributed by atoms with Crippen molar-refractivity contribution in [2.75, 3.05) is 18.6 Å². The lowest BCUT2D eigenvalue weighted by Gasteiger charge is -2.29. The highest BCUT2D eigenvalue weighted by molar-refractivity contribution is 5.95. The van der Waals surface area contributed by atoms with Gasteiger partial charge in [0.25, 0.3) is 0 Å². The van der Waals surface area contributed by atoms with Crippen molar-refractivity contribution in [3.05, 3.63) is 29.3 Å². The van der Waals surface area contributed by atoms with E-state index in [1.165, 1.54) is 5.56 Å². The molecule has 0 bridgehead atoms. The van der Waals surface area contributed by atoms with Crippen LogP contribution in [-0.4, -0.2) is 24.7 Å². The zero-order chi connectivity index (χ0) is 12.6. The molecule has 3 heteroatoms. The number of anilines is 1. The molecule has 1 amide bonds. The molecule has 0 saturated heterocycles. The van der Waals surface area contributed by atoms with E-state index in [0.717, 1.165) is 17.7 Å². The van der Waals surface area contributed by atoms with Gasteiger partial charge in [-0.25, -0.2) is 0 Å². The zero-order valence-corrected chi connectivity index (χ0v) is 10.7. The first kappa shape index (κ1) is 12.1. The quantitative estimate of drug-likeness (QED) is 0.847. The van der Waals surface area contributed by atoms with Crippen molar-refractivity contribution in [1.82, 2.24) is 0 Å². The average molecular weight is 233 g/mol. The molecule has 1 aromatic rings. The average Bonchev–Trinajstić information content (AvgIpc) is 2.33. The van der Waals surface area contributed by atoms with Crippen LogP contribution in [0, 0.1) is 0 Å². The summed E-state index contributed by atoms with van der Waals surface area (Å²) < 4.78 is 0. The van der Waals surface area contributed by atoms with Crippen LogP contribution in [0.2, 0.25) is 0 Å². The Balaban J connectivity index is 2.42. The smallest absolute Gasteiger partial charge is 0.227 e. The van der Waals surface area contributed by atoms with E-state index in [2.05, 4.69) is 6.07 Å². The molecule has 0 radical (unpaired) electrons. The van der Waals surface area contributed by atoms with Crippen LogP contribution in [0.3, 0.4) is 0 Å². The number of aliphatic hydroxyl groups is 1. The summed E-state index contributed by atoms with van der Waals surface area (Å²) in [5.41, 5.74) is 3.10. The van der Waals surface area contributed by atoms with Gasteiger partial charge >= 0.3 is 0 Å². The molecule has 0 atom stereocenters. The molecule has 0 spiro atoms. The molecule has 0 saturated carbocycles. The largest absolute Gasteiger partial charge is 0.395 e. The fourth-order valence-corrected chi connectivity index (χ4v) is 2.17. The number of rotatable bonds is 2. The Kier molecular flexibility index (Phi) is 2.96. The lowest BCUT2D eigenvalue weighted by Crippen LogP contribution is -2.31. The summed E-state index contributed by atoms with van der Waals surface area (Å²) in [5.74, 6) is 0.173. The number of carbonyl (C=O) groups is 1. The second-order valence-electron chi connectivity index (χ2n) is 5.34. The summed E-state index contributed by atoms with van der Waals surface area (Å²) in [6.45, 7) is 4.17. The van der Waals surface area contributed by atoms with Crippen LogP contribution < -0.4 is 4.90 Å². The SMILES string of the molecule is CN1C(=O)CCc2cc(C(C)(C)CO)ccc21. The van der Waals surface area contributed by atoms with Gasteiger partial charge in [0.15, 0.2) is 0 Å². The first-order chi connectivity index (χ1) is 7.95. The number of hydrogen-bond donors (Lipinski definition) is 1. The monoisotopic (exact) mass is 233 g/mol. The molecule has 1 N–H and O–H groups in total. The number of hydrogen-bond acceptors (Lipinski definition) is 2. The minimum Gasteiger partial charge on any atom is -0.395 e. The number of benzene rings is 1. The van der Waals surface area contributed by atoms with Gasteiger partial charge < -0.3 is 10.0 Å². The second-order valence-corrected chi connectivity index (χ2v) is 5.34. The van der Waals surface area contributed by atoms with Gasteiger partial charge in [0, 0.05) is 24.6 Å². The van der Waals surface area contributed by atoms with Crippen molar-refractivity contribution in [3.63, 3.8) is 0 Å². The molecule has 0 unspecified atom stereocenters. The maximum absolute atomic E-state index is 11.6. The van der Waals surface area contributed by atoms with Crippen molar-refractivity contribution < 1.29 is 9.90 Å². The summed E-state index contributed by atoms with van der Waals surface area (Å²) >= 11 is 0. The van der Waals surface area contributed by atoms with E-state index in [1.807, 2.05) is 33.0 Å². The molecule has 1 aliphatic heterocycles. The van der Waals surface area contributed by atoms with Crippen LogP contribution in [0.15, 0.2) is 18.2 Å². The fraction of sp³-hybridized carbons (Fsp3) is 0.500. The van der Waals surface area contributed by atoms with E-state index in [0.29, 0.717) is 6.42 Å². The van der Waals surface area contributed by atoms with E-state index in [1.54, 1.807) is 4.90 Å². The predicted molar refractivity (Wildman–Crippen MR) is 68.3 cm³/mol. The molecule has 1 aliphatic rings. The highest BCUT2D eigenvalue weighted by Gasteiger charge is 2.24. The maximum Gasteiger partial charge on any atom is 0.227 e. The van der Waals surface area contributed by atoms with Crippen molar-refractivity contribution >= 4 is 11.6 Å². The number of fused-ring (bicyclic) bond motifs is 1. The number of aliphatic hydroxyl groups excluding tert-OH is 1. The first-order valence-electron chi connectivity index (χ1n) is 5.96. The summed E-state index contributed by atoms with van der Waals surface area (Å²) in [6.07, 6.45) is 1.38. The van der Waals surface area contributed by atoms with Crippen LogP contribution in [0.4, 0.5) is 5.69 Å². The van der Waals surface area contributed by atoms with Crippen molar-refractivity contribution in [1.29, 1.82) is 0 Å². The Hall–Kier alpha value is -1.35. The lowest BCUT2D eigenvalue weighted by atomic mass is 9.83. The van der Waals surface area contributed by atoms with Crippen LogP contribution in [-0.2, 0) is 16.6 Å². The molecule has 17 heavy (non-hydrogen) atoms. The van der Waals surface area contributed by atoms with Crippen molar-refractivity contribution in [3.8, 4) is 0 Å². The van der Waals surface area contributed by atoms with E-state index < -0.39 is 0 Å². The Morgan fingerprint density at radius 1 is 1.35 bits per heavy atom. The molecule has 1 heterocycles. The topological polar surface area (TPSA) is 40.5 Å². The zero-order valence-electron chi connectivity index (χ0n) is 10.7. The van der Waals surface area contributed by atoms with Crippen molar-refractivity contribution in [2.24, 2.45) is 0 Å². The number of carbonyl (C=O) groups excluding carboxylic acids is 1. The van der Waals surface area contributed by atoms with Gasteiger partial charge in [0.05, 0.1) is 6.61 Å². The fourth-order valence-electron chi connectivity index (χ4n) is 2.17. The molecule has 0 fully saturated rings. The van der Waals surface area contributed by atoms with E-state index in [4.69, 9.17) is 0 Å². The van der Waals surface area contributed by atoms with Gasteiger partial charge in [0.1, 0.15) is 0 Å². The molecule has 0 aromatic heterocycles. The highest BCUT2D eigenvalue weighted by Crippen LogP contribution is 2.31. The normalized spacial score (nSPS) is 16.0. The summed E-state index contributed by atoms with van der Waals surface area (Å²) in [7, 11) is 1.82. The number of amides is 1. The minimum absolute atomic E-state index is 0.126. The third-order valence-electron chi connectivity index (χ3n) is 3.60. The van der Waals surface area contributed by atoms with Crippen LogP contribution >= 0.6 is 0 Å². The summed E-state index contributed by atoms with van der Waals surface area (Å²) in [5, 5.41) is 9.38. The molecule has 1 aromatic carbocycles. The third kappa shape index (κ3) is 2.07.